The lowest BCUT2D eigenvalue weighted by Gasteiger charge is -2.35. The van der Waals surface area contributed by atoms with Crippen LogP contribution in [0.4, 0.5) is 24.8 Å². The Morgan fingerprint density at radius 2 is 1.74 bits per heavy atom. The number of aliphatic hydroxyl groups is 1. The maximum absolute atomic E-state index is 13.1. The summed E-state index contributed by atoms with van der Waals surface area (Å²) < 4.78 is 39.2. The first-order valence-corrected chi connectivity index (χ1v) is 14.7. The second-order valence-electron chi connectivity index (χ2n) is 11.2. The van der Waals surface area contributed by atoms with Crippen LogP contribution in [0.15, 0.2) is 36.7 Å². The number of aromatic nitrogens is 3. The fourth-order valence-electron chi connectivity index (χ4n) is 5.70. The number of halogens is 3. The number of carboxylic acid groups (broad SMARTS) is 1. The molecule has 4 N–H and O–H groups in total. The summed E-state index contributed by atoms with van der Waals surface area (Å²) in [6.45, 7) is 1.86. The van der Waals surface area contributed by atoms with Crippen LogP contribution in [0.1, 0.15) is 67.6 Å². The molecule has 0 unspecified atom stereocenters. The van der Waals surface area contributed by atoms with Gasteiger partial charge in [0.25, 0.3) is 0 Å². The third-order valence-corrected chi connectivity index (χ3v) is 9.31. The van der Waals surface area contributed by atoms with Gasteiger partial charge in [0.05, 0.1) is 10.8 Å². The zero-order valence-corrected chi connectivity index (χ0v) is 23.8. The van der Waals surface area contributed by atoms with Gasteiger partial charge in [-0.3, -0.25) is 9.59 Å². The number of carboxylic acids is 1. The lowest BCUT2D eigenvalue weighted by molar-refractivity contribution is -0.143. The number of amides is 1. The van der Waals surface area contributed by atoms with Crippen molar-refractivity contribution in [3.63, 3.8) is 0 Å². The third kappa shape index (κ3) is 6.89. The average molecular weight is 604 g/mol. The zero-order valence-electron chi connectivity index (χ0n) is 22.9. The highest BCUT2D eigenvalue weighted by Crippen LogP contribution is 2.43. The number of nitrogens with zero attached hydrogens (tertiary/aromatic N) is 3. The van der Waals surface area contributed by atoms with Crippen molar-refractivity contribution in [1.82, 2.24) is 20.3 Å². The van der Waals surface area contributed by atoms with Crippen molar-refractivity contribution >= 4 is 34.8 Å². The second kappa shape index (κ2) is 12.0. The molecule has 2 aromatic heterocycles. The van der Waals surface area contributed by atoms with Crippen LogP contribution in [-0.2, 0) is 21.4 Å². The Balaban J connectivity index is 1.21. The van der Waals surface area contributed by atoms with Crippen LogP contribution in [0.5, 0.6) is 0 Å². The number of benzene rings is 1. The molecular formula is C29H32F3N5O4S. The second-order valence-corrected chi connectivity index (χ2v) is 12.2. The van der Waals surface area contributed by atoms with Gasteiger partial charge in [-0.2, -0.15) is 13.2 Å². The normalized spacial score (nSPS) is 24.6. The van der Waals surface area contributed by atoms with Gasteiger partial charge in [0.1, 0.15) is 16.3 Å². The summed E-state index contributed by atoms with van der Waals surface area (Å²) in [5.74, 6) is -1.54. The topological polar surface area (TPSA) is 137 Å². The summed E-state index contributed by atoms with van der Waals surface area (Å²) in [5.41, 5.74) is -0.0407. The number of anilines is 2. The maximum Gasteiger partial charge on any atom is 0.433 e. The highest BCUT2D eigenvalue weighted by Gasteiger charge is 2.40. The molecule has 13 heteroatoms. The molecule has 2 aliphatic carbocycles. The monoisotopic (exact) mass is 603 g/mol. The summed E-state index contributed by atoms with van der Waals surface area (Å²) in [6.07, 6.45) is 2.38. The summed E-state index contributed by atoms with van der Waals surface area (Å²) in [4.78, 5) is 36.8. The first-order valence-electron chi connectivity index (χ1n) is 13.9. The quantitative estimate of drug-likeness (QED) is 0.266. The molecule has 0 radical (unpaired) electrons. The summed E-state index contributed by atoms with van der Waals surface area (Å²) in [5, 5.41) is 27.1. The van der Waals surface area contributed by atoms with Gasteiger partial charge >= 0.3 is 12.1 Å². The lowest BCUT2D eigenvalue weighted by Crippen LogP contribution is -2.44. The minimum atomic E-state index is -4.58. The predicted octanol–water partition coefficient (Wildman–Crippen LogP) is 5.81. The molecule has 5 rings (SSSR count). The fourth-order valence-corrected chi connectivity index (χ4v) is 6.75. The molecule has 0 aliphatic heterocycles. The van der Waals surface area contributed by atoms with E-state index < -0.39 is 23.4 Å². The van der Waals surface area contributed by atoms with Gasteiger partial charge in [0.15, 0.2) is 0 Å². The zero-order chi connectivity index (χ0) is 30.1. The van der Waals surface area contributed by atoms with Crippen LogP contribution in [0.25, 0.3) is 10.4 Å². The number of hydrogen-bond donors (Lipinski definition) is 4. The van der Waals surface area contributed by atoms with Gasteiger partial charge in [0, 0.05) is 30.0 Å². The molecule has 42 heavy (non-hydrogen) atoms. The number of hydrogen-bond acceptors (Lipinski definition) is 8. The van der Waals surface area contributed by atoms with Crippen LogP contribution >= 0.6 is 11.3 Å². The van der Waals surface area contributed by atoms with Crippen LogP contribution < -0.4 is 10.6 Å². The number of rotatable bonds is 7. The van der Waals surface area contributed by atoms with Crippen LogP contribution in [0, 0.1) is 18.8 Å². The number of alkyl halides is 3. The third-order valence-electron chi connectivity index (χ3n) is 8.07. The van der Waals surface area contributed by atoms with Gasteiger partial charge in [-0.25, -0.2) is 15.0 Å². The van der Waals surface area contributed by atoms with Crippen molar-refractivity contribution in [2.24, 2.45) is 11.8 Å². The van der Waals surface area contributed by atoms with E-state index in [2.05, 4.69) is 25.6 Å². The van der Waals surface area contributed by atoms with E-state index in [9.17, 15) is 33.0 Å². The number of nitrogens with one attached hydrogen (secondary N) is 2. The molecular weight excluding hydrogens is 571 g/mol. The number of carbonyl (C=O) groups excluding carboxylic acids is 1. The van der Waals surface area contributed by atoms with Crippen molar-refractivity contribution in [2.45, 2.75) is 76.1 Å². The Hall–Kier alpha value is -3.58. The summed E-state index contributed by atoms with van der Waals surface area (Å²) in [7, 11) is 0. The van der Waals surface area contributed by atoms with Gasteiger partial charge < -0.3 is 20.8 Å². The van der Waals surface area contributed by atoms with E-state index in [1.807, 2.05) is 13.0 Å². The van der Waals surface area contributed by atoms with E-state index in [0.29, 0.717) is 62.1 Å². The Morgan fingerprint density at radius 3 is 2.40 bits per heavy atom. The Kier molecular flexibility index (Phi) is 8.51. The SMILES string of the molecule is Cc1cc(Nc2nccc(C(F)(F)F)n2)cc(-c2cnc(C3(O)CCC(C(=O)NC4CCC(C(=O)O)CC4)CC3)s2)c1. The summed E-state index contributed by atoms with van der Waals surface area (Å²) >= 11 is 1.34. The molecule has 0 atom stereocenters. The van der Waals surface area contributed by atoms with E-state index in [4.69, 9.17) is 0 Å². The minimum absolute atomic E-state index is 0.00992. The Labute approximate surface area is 244 Å². The minimum Gasteiger partial charge on any atom is -0.481 e. The molecule has 0 saturated heterocycles. The van der Waals surface area contributed by atoms with E-state index in [1.165, 1.54) is 11.3 Å². The maximum atomic E-state index is 13.1. The standard InChI is InChI=1S/C29H32F3N5O4S/c1-16-12-19(14-21(13-16)36-27-33-11-8-23(37-27)29(30,31)32)22-15-34-26(42-22)28(41)9-6-17(7-10-28)24(38)35-20-4-2-18(3-5-20)25(39)40/h8,11-15,17-18,20,41H,2-7,9-10H2,1H3,(H,35,38)(H,39,40)(H,33,36,37). The van der Waals surface area contributed by atoms with Crippen LogP contribution in [-0.4, -0.2) is 43.1 Å². The first-order chi connectivity index (χ1) is 19.9. The van der Waals surface area contributed by atoms with Gasteiger partial charge in [-0.1, -0.05) is 6.07 Å². The predicted molar refractivity (Wildman–Crippen MR) is 150 cm³/mol. The van der Waals surface area contributed by atoms with Gasteiger partial charge in [0.2, 0.25) is 11.9 Å². The fraction of sp³-hybridized carbons (Fsp3) is 0.483. The molecule has 0 spiro atoms. The molecule has 0 bridgehead atoms. The number of carbonyl (C=O) groups is 2. The largest absolute Gasteiger partial charge is 0.481 e. The van der Waals surface area contributed by atoms with E-state index in [1.54, 1.807) is 18.3 Å². The lowest BCUT2D eigenvalue weighted by atomic mass is 9.78. The highest BCUT2D eigenvalue weighted by atomic mass is 32.1. The summed E-state index contributed by atoms with van der Waals surface area (Å²) in [6, 6.07) is 6.26. The molecule has 9 nitrogen and oxygen atoms in total. The van der Waals surface area contributed by atoms with Gasteiger partial charge in [-0.15, -0.1) is 11.3 Å². The smallest absolute Gasteiger partial charge is 0.433 e. The Morgan fingerprint density at radius 1 is 1.02 bits per heavy atom. The van der Waals surface area contributed by atoms with Crippen molar-refractivity contribution in [1.29, 1.82) is 0 Å². The van der Waals surface area contributed by atoms with E-state index >= 15 is 0 Å². The average Bonchev–Trinajstić information content (AvgIpc) is 3.45. The van der Waals surface area contributed by atoms with E-state index in [-0.39, 0.29) is 29.7 Å². The van der Waals surface area contributed by atoms with Crippen molar-refractivity contribution in [3.8, 4) is 10.4 Å². The number of aliphatic carboxylic acids is 1. The van der Waals surface area contributed by atoms with Gasteiger partial charge in [-0.05, 0) is 87.6 Å². The number of aryl methyl sites for hydroxylation is 1. The van der Waals surface area contributed by atoms with Crippen molar-refractivity contribution in [2.75, 3.05) is 5.32 Å². The molecule has 1 aromatic carbocycles. The molecule has 2 aliphatic rings. The van der Waals surface area contributed by atoms with Crippen LogP contribution in [0.2, 0.25) is 0 Å². The molecule has 2 saturated carbocycles. The van der Waals surface area contributed by atoms with Crippen molar-refractivity contribution < 1.29 is 33.0 Å². The molecule has 2 heterocycles. The molecule has 224 valence electrons. The molecule has 3 aromatic rings. The molecule has 1 amide bonds. The van der Waals surface area contributed by atoms with Crippen molar-refractivity contribution in [3.05, 3.63) is 52.9 Å². The van der Waals surface area contributed by atoms with Crippen LogP contribution in [0.3, 0.4) is 0 Å². The number of thiazole rings is 1. The highest BCUT2D eigenvalue weighted by molar-refractivity contribution is 7.15. The Bertz CT molecular complexity index is 1450. The first kappa shape index (κ1) is 29.9. The van der Waals surface area contributed by atoms with E-state index in [0.717, 1.165) is 28.3 Å². The molecule has 2 fully saturated rings.